The number of aromatic nitrogens is 1. The highest BCUT2D eigenvalue weighted by Crippen LogP contribution is 2.28. The van der Waals surface area contributed by atoms with Crippen molar-refractivity contribution in [1.82, 2.24) is 19.9 Å². The highest BCUT2D eigenvalue weighted by Gasteiger charge is 2.20. The van der Waals surface area contributed by atoms with Gasteiger partial charge in [-0.3, -0.25) is 19.3 Å². The standard InChI is InChI=1S/C27H27ClN4O4/c1-17(33)29-13-20-15-32-16-24(27(35)30-12-18-2-4-21(28)5-3-18)26(34)23-11-19(10-22(20)25(23)32)14-31-6-8-36-9-7-31/h2-5,10-11,15-16H,6-9,12-14H2,1H3,(H,29,33)(H,30,35). The van der Waals surface area contributed by atoms with E-state index in [-0.39, 0.29) is 23.4 Å². The van der Waals surface area contributed by atoms with Gasteiger partial charge in [-0.1, -0.05) is 23.7 Å². The Labute approximate surface area is 213 Å². The van der Waals surface area contributed by atoms with Crippen LogP contribution in [-0.4, -0.2) is 47.4 Å². The van der Waals surface area contributed by atoms with Crippen LogP contribution in [0.5, 0.6) is 0 Å². The molecule has 0 unspecified atom stereocenters. The highest BCUT2D eigenvalue weighted by atomic mass is 35.5. The Balaban J connectivity index is 1.53. The average molecular weight is 507 g/mol. The Morgan fingerprint density at radius 1 is 0.972 bits per heavy atom. The van der Waals surface area contributed by atoms with Crippen LogP contribution in [0.3, 0.4) is 0 Å². The van der Waals surface area contributed by atoms with Crippen LogP contribution in [-0.2, 0) is 29.2 Å². The minimum Gasteiger partial charge on any atom is -0.379 e. The van der Waals surface area contributed by atoms with E-state index >= 15 is 0 Å². The van der Waals surface area contributed by atoms with E-state index in [1.54, 1.807) is 18.3 Å². The van der Waals surface area contributed by atoms with E-state index in [4.69, 9.17) is 16.3 Å². The molecular weight excluding hydrogens is 480 g/mol. The predicted molar refractivity (Wildman–Crippen MR) is 139 cm³/mol. The van der Waals surface area contributed by atoms with Crippen LogP contribution in [0.25, 0.3) is 16.3 Å². The summed E-state index contributed by atoms with van der Waals surface area (Å²) in [6.45, 7) is 5.75. The molecule has 3 heterocycles. The molecule has 1 aliphatic rings. The van der Waals surface area contributed by atoms with Crippen molar-refractivity contribution in [1.29, 1.82) is 0 Å². The lowest BCUT2D eigenvalue weighted by Gasteiger charge is -2.26. The zero-order valence-electron chi connectivity index (χ0n) is 20.0. The number of benzene rings is 2. The fourth-order valence-corrected chi connectivity index (χ4v) is 4.77. The Hall–Kier alpha value is -3.46. The van der Waals surface area contributed by atoms with Gasteiger partial charge >= 0.3 is 0 Å². The van der Waals surface area contributed by atoms with Gasteiger partial charge in [0.1, 0.15) is 5.56 Å². The lowest BCUT2D eigenvalue weighted by atomic mass is 10.0. The van der Waals surface area contributed by atoms with Crippen molar-refractivity contribution in [3.63, 3.8) is 0 Å². The first-order valence-electron chi connectivity index (χ1n) is 11.9. The predicted octanol–water partition coefficient (Wildman–Crippen LogP) is 2.94. The van der Waals surface area contributed by atoms with Crippen LogP contribution in [0.15, 0.2) is 53.6 Å². The first-order chi connectivity index (χ1) is 17.4. The van der Waals surface area contributed by atoms with Crippen molar-refractivity contribution in [3.05, 3.63) is 86.3 Å². The van der Waals surface area contributed by atoms with Crippen LogP contribution in [0.4, 0.5) is 0 Å². The summed E-state index contributed by atoms with van der Waals surface area (Å²) < 4.78 is 7.28. The number of carbonyl (C=O) groups is 2. The number of halogens is 1. The zero-order valence-corrected chi connectivity index (χ0v) is 20.7. The second-order valence-electron chi connectivity index (χ2n) is 9.08. The second kappa shape index (κ2) is 10.3. The van der Waals surface area contributed by atoms with Gasteiger partial charge in [0.2, 0.25) is 11.3 Å². The number of hydrogen-bond acceptors (Lipinski definition) is 5. The summed E-state index contributed by atoms with van der Waals surface area (Å²) in [5.41, 5.74) is 3.26. The molecule has 0 radical (unpaired) electrons. The average Bonchev–Trinajstić information content (AvgIpc) is 3.22. The molecule has 2 aromatic carbocycles. The van der Waals surface area contributed by atoms with E-state index in [1.807, 2.05) is 28.8 Å². The summed E-state index contributed by atoms with van der Waals surface area (Å²) in [6, 6.07) is 11.1. The molecule has 1 saturated heterocycles. The van der Waals surface area contributed by atoms with Crippen molar-refractivity contribution in [2.24, 2.45) is 0 Å². The molecule has 4 aromatic rings. The number of amides is 2. The van der Waals surface area contributed by atoms with E-state index in [0.717, 1.165) is 40.7 Å². The van der Waals surface area contributed by atoms with E-state index in [0.29, 0.717) is 36.7 Å². The molecule has 8 nitrogen and oxygen atoms in total. The number of nitrogens with one attached hydrogen (secondary N) is 2. The van der Waals surface area contributed by atoms with Gasteiger partial charge in [0, 0.05) is 67.8 Å². The maximum Gasteiger partial charge on any atom is 0.257 e. The molecule has 2 aromatic heterocycles. The molecule has 9 heteroatoms. The first kappa shape index (κ1) is 24.2. The number of rotatable bonds is 7. The van der Waals surface area contributed by atoms with Crippen LogP contribution < -0.4 is 16.1 Å². The normalized spacial score (nSPS) is 14.4. The van der Waals surface area contributed by atoms with E-state index in [2.05, 4.69) is 21.6 Å². The Morgan fingerprint density at radius 3 is 2.42 bits per heavy atom. The van der Waals surface area contributed by atoms with Crippen molar-refractivity contribution >= 4 is 39.7 Å². The topological polar surface area (TPSA) is 92.2 Å². The summed E-state index contributed by atoms with van der Waals surface area (Å²) in [7, 11) is 0. The first-order valence-corrected chi connectivity index (χ1v) is 12.3. The third kappa shape index (κ3) is 5.06. The van der Waals surface area contributed by atoms with Gasteiger partial charge in [-0.05, 0) is 41.0 Å². The van der Waals surface area contributed by atoms with Crippen LogP contribution in [0.1, 0.15) is 34.0 Å². The van der Waals surface area contributed by atoms with E-state index < -0.39 is 5.91 Å². The molecule has 2 amide bonds. The van der Waals surface area contributed by atoms with Gasteiger partial charge in [-0.15, -0.1) is 0 Å². The maximum absolute atomic E-state index is 13.6. The van der Waals surface area contributed by atoms with Crippen molar-refractivity contribution in [3.8, 4) is 0 Å². The van der Waals surface area contributed by atoms with Gasteiger partial charge in [-0.25, -0.2) is 0 Å². The van der Waals surface area contributed by atoms with Crippen molar-refractivity contribution in [2.75, 3.05) is 26.3 Å². The van der Waals surface area contributed by atoms with Gasteiger partial charge in [0.25, 0.3) is 5.91 Å². The number of carbonyl (C=O) groups excluding carboxylic acids is 2. The maximum atomic E-state index is 13.6. The third-order valence-corrected chi connectivity index (χ3v) is 6.73. The SMILES string of the molecule is CC(=O)NCc1cn2cc(C(=O)NCc3ccc(Cl)cc3)c(=O)c3cc(CN4CCOCC4)cc1c32. The van der Waals surface area contributed by atoms with Crippen LogP contribution in [0, 0.1) is 0 Å². The molecule has 36 heavy (non-hydrogen) atoms. The Morgan fingerprint density at radius 2 is 1.69 bits per heavy atom. The summed E-state index contributed by atoms with van der Waals surface area (Å²) in [5.74, 6) is -0.575. The van der Waals surface area contributed by atoms with Gasteiger partial charge < -0.3 is 19.8 Å². The molecule has 0 bridgehead atoms. The summed E-state index contributed by atoms with van der Waals surface area (Å²) >= 11 is 5.94. The molecule has 2 N–H and O–H groups in total. The minimum atomic E-state index is -0.440. The molecule has 1 fully saturated rings. The summed E-state index contributed by atoms with van der Waals surface area (Å²) in [4.78, 5) is 40.5. The smallest absolute Gasteiger partial charge is 0.257 e. The molecule has 0 atom stereocenters. The van der Waals surface area contributed by atoms with Gasteiger partial charge in [0.05, 0.1) is 18.7 Å². The second-order valence-corrected chi connectivity index (χ2v) is 9.52. The van der Waals surface area contributed by atoms with E-state index in [9.17, 15) is 14.4 Å². The molecule has 1 aliphatic heterocycles. The monoisotopic (exact) mass is 506 g/mol. The summed E-state index contributed by atoms with van der Waals surface area (Å²) in [5, 5.41) is 7.70. The quantitative estimate of drug-likeness (QED) is 0.402. The van der Waals surface area contributed by atoms with Gasteiger partial charge in [-0.2, -0.15) is 0 Å². The molecule has 0 spiro atoms. The molecule has 5 rings (SSSR count). The number of pyridine rings is 1. The lowest BCUT2D eigenvalue weighted by molar-refractivity contribution is -0.119. The zero-order chi connectivity index (χ0) is 25.2. The van der Waals surface area contributed by atoms with Crippen LogP contribution in [0.2, 0.25) is 5.02 Å². The minimum absolute atomic E-state index is 0.0722. The van der Waals surface area contributed by atoms with E-state index in [1.165, 1.54) is 6.92 Å². The number of morpholine rings is 1. The molecule has 0 aliphatic carbocycles. The number of nitrogens with zero attached hydrogens (tertiary/aromatic N) is 2. The summed E-state index contributed by atoms with van der Waals surface area (Å²) in [6.07, 6.45) is 3.45. The van der Waals surface area contributed by atoms with Crippen molar-refractivity contribution in [2.45, 2.75) is 26.6 Å². The Bertz CT molecular complexity index is 1480. The largest absolute Gasteiger partial charge is 0.379 e. The fourth-order valence-electron chi connectivity index (χ4n) is 4.65. The third-order valence-electron chi connectivity index (χ3n) is 6.47. The molecule has 0 saturated carbocycles. The lowest BCUT2D eigenvalue weighted by Crippen LogP contribution is -2.35. The van der Waals surface area contributed by atoms with Crippen molar-refractivity contribution < 1.29 is 14.3 Å². The van der Waals surface area contributed by atoms with Gasteiger partial charge in [0.15, 0.2) is 0 Å². The van der Waals surface area contributed by atoms with Crippen LogP contribution >= 0.6 is 11.6 Å². The molecule has 186 valence electrons. The molecular formula is C27H27ClN4O4. The number of hydrogen-bond donors (Lipinski definition) is 2. The fraction of sp³-hybridized carbons (Fsp3) is 0.296. The highest BCUT2D eigenvalue weighted by molar-refractivity contribution is 6.30. The Kier molecular flexibility index (Phi) is 6.91. The number of ether oxygens (including phenoxy) is 1.